The number of anilines is 1. The van der Waals surface area contributed by atoms with Gasteiger partial charge in [0.25, 0.3) is 0 Å². The number of carboxylic acids is 1. The summed E-state index contributed by atoms with van der Waals surface area (Å²) in [6, 6.07) is 19.3. The first-order valence-corrected chi connectivity index (χ1v) is 9.61. The quantitative estimate of drug-likeness (QED) is 0.511. The fourth-order valence-electron chi connectivity index (χ4n) is 3.01. The van der Waals surface area contributed by atoms with Gasteiger partial charge in [0.05, 0.1) is 18.8 Å². The molecule has 30 heavy (non-hydrogen) atoms. The second-order valence-electron chi connectivity index (χ2n) is 6.96. The predicted molar refractivity (Wildman–Crippen MR) is 113 cm³/mol. The Hall–Kier alpha value is -3.45. The molecule has 3 aromatic rings. The number of aromatic nitrogens is 1. The van der Waals surface area contributed by atoms with E-state index in [4.69, 9.17) is 9.84 Å². The largest absolute Gasteiger partial charge is 0.480 e. The van der Waals surface area contributed by atoms with Crippen LogP contribution in [0.5, 0.6) is 11.5 Å². The Labute approximate surface area is 174 Å². The normalized spacial score (nSPS) is 11.8. The Balaban J connectivity index is 1.66. The van der Waals surface area contributed by atoms with Gasteiger partial charge in [0.15, 0.2) is 0 Å². The molecule has 0 saturated heterocycles. The van der Waals surface area contributed by atoms with Gasteiger partial charge in [0.2, 0.25) is 0 Å². The highest BCUT2D eigenvalue weighted by molar-refractivity contribution is 5.69. The Kier molecular flexibility index (Phi) is 7.34. The summed E-state index contributed by atoms with van der Waals surface area (Å²) in [5, 5.41) is 12.4. The number of hydrogen-bond acceptors (Lipinski definition) is 5. The summed E-state index contributed by atoms with van der Waals surface area (Å²) in [6.45, 7) is 0.611. The molecule has 0 aliphatic rings. The third kappa shape index (κ3) is 6.56. The lowest BCUT2D eigenvalue weighted by molar-refractivity contribution is -0.138. The van der Waals surface area contributed by atoms with Crippen molar-refractivity contribution in [3.63, 3.8) is 0 Å². The molecule has 1 unspecified atom stereocenters. The number of nitrogens with one attached hydrogen (secondary N) is 1. The molecule has 0 fully saturated rings. The first kappa shape index (κ1) is 21.3. The number of aliphatic carboxylic acids is 1. The standard InChI is InChI=1S/C23H24FN3O3/c1-27(16-23(28)29)14-13-21(17-5-3-2-4-6-17)26-22-12-11-20(15-25-22)30-19-9-7-18(24)8-10-19/h2-12,15,21H,13-14,16H2,1H3,(H,25,26)(H,28,29). The molecule has 2 aromatic carbocycles. The third-order valence-corrected chi connectivity index (χ3v) is 4.51. The molecule has 7 heteroatoms. The molecule has 156 valence electrons. The second-order valence-corrected chi connectivity index (χ2v) is 6.96. The van der Waals surface area contributed by atoms with Gasteiger partial charge in [-0.15, -0.1) is 0 Å². The fourth-order valence-corrected chi connectivity index (χ4v) is 3.01. The summed E-state index contributed by atoms with van der Waals surface area (Å²) >= 11 is 0. The molecular weight excluding hydrogens is 385 g/mol. The van der Waals surface area contributed by atoms with E-state index in [9.17, 15) is 9.18 Å². The van der Waals surface area contributed by atoms with E-state index in [-0.39, 0.29) is 18.4 Å². The summed E-state index contributed by atoms with van der Waals surface area (Å²) in [5.74, 6) is 0.587. The molecule has 2 N–H and O–H groups in total. The van der Waals surface area contributed by atoms with Gasteiger partial charge in [-0.1, -0.05) is 30.3 Å². The summed E-state index contributed by atoms with van der Waals surface area (Å²) in [7, 11) is 1.79. The van der Waals surface area contributed by atoms with Gasteiger partial charge < -0.3 is 15.2 Å². The molecule has 1 heterocycles. The van der Waals surface area contributed by atoms with E-state index in [0.717, 1.165) is 5.56 Å². The SMILES string of the molecule is CN(CCC(Nc1ccc(Oc2ccc(F)cc2)cn1)c1ccccc1)CC(=O)O. The van der Waals surface area contributed by atoms with E-state index >= 15 is 0 Å². The monoisotopic (exact) mass is 409 g/mol. The molecule has 0 amide bonds. The summed E-state index contributed by atoms with van der Waals surface area (Å²) in [4.78, 5) is 17.1. The number of rotatable bonds is 10. The number of carboxylic acid groups (broad SMARTS) is 1. The van der Waals surface area contributed by atoms with Gasteiger partial charge in [0.1, 0.15) is 23.1 Å². The molecule has 0 aliphatic heterocycles. The first-order chi connectivity index (χ1) is 14.5. The van der Waals surface area contributed by atoms with Crippen molar-refractivity contribution in [1.82, 2.24) is 9.88 Å². The zero-order valence-electron chi connectivity index (χ0n) is 16.7. The third-order valence-electron chi connectivity index (χ3n) is 4.51. The Morgan fingerprint density at radius 2 is 1.80 bits per heavy atom. The molecule has 1 aromatic heterocycles. The van der Waals surface area contributed by atoms with Crippen molar-refractivity contribution in [2.24, 2.45) is 0 Å². The maximum Gasteiger partial charge on any atom is 0.317 e. The number of carbonyl (C=O) groups is 1. The van der Waals surface area contributed by atoms with Crippen molar-refractivity contribution < 1.29 is 19.0 Å². The maximum absolute atomic E-state index is 13.0. The average molecular weight is 409 g/mol. The predicted octanol–water partition coefficient (Wildman–Crippen LogP) is 4.57. The van der Waals surface area contributed by atoms with Crippen molar-refractivity contribution >= 4 is 11.8 Å². The van der Waals surface area contributed by atoms with E-state index in [0.29, 0.717) is 30.3 Å². The summed E-state index contributed by atoms with van der Waals surface area (Å²) in [5.41, 5.74) is 1.09. The minimum Gasteiger partial charge on any atom is -0.480 e. The number of halogens is 1. The van der Waals surface area contributed by atoms with Gasteiger partial charge in [-0.2, -0.15) is 0 Å². The summed E-state index contributed by atoms with van der Waals surface area (Å²) in [6.07, 6.45) is 2.31. The highest BCUT2D eigenvalue weighted by Gasteiger charge is 2.14. The highest BCUT2D eigenvalue weighted by Crippen LogP contribution is 2.25. The van der Waals surface area contributed by atoms with Crippen LogP contribution in [0.25, 0.3) is 0 Å². The Morgan fingerprint density at radius 3 is 2.43 bits per heavy atom. The van der Waals surface area contributed by atoms with Crippen LogP contribution in [-0.4, -0.2) is 41.1 Å². The maximum atomic E-state index is 13.0. The van der Waals surface area contributed by atoms with E-state index in [1.165, 1.54) is 12.1 Å². The molecule has 0 bridgehead atoms. The minimum atomic E-state index is -0.847. The van der Waals surface area contributed by atoms with Crippen LogP contribution in [0.3, 0.4) is 0 Å². The van der Waals surface area contributed by atoms with Gasteiger partial charge in [-0.05, 0) is 55.4 Å². The van der Waals surface area contributed by atoms with E-state index in [1.807, 2.05) is 36.4 Å². The lowest BCUT2D eigenvalue weighted by Gasteiger charge is -2.23. The van der Waals surface area contributed by atoms with Crippen LogP contribution in [-0.2, 0) is 4.79 Å². The van der Waals surface area contributed by atoms with Gasteiger partial charge >= 0.3 is 5.97 Å². The molecule has 0 spiro atoms. The van der Waals surface area contributed by atoms with Crippen molar-refractivity contribution in [3.8, 4) is 11.5 Å². The molecule has 3 rings (SSSR count). The highest BCUT2D eigenvalue weighted by atomic mass is 19.1. The first-order valence-electron chi connectivity index (χ1n) is 9.61. The van der Waals surface area contributed by atoms with Crippen LogP contribution >= 0.6 is 0 Å². The van der Waals surface area contributed by atoms with E-state index in [1.54, 1.807) is 36.3 Å². The van der Waals surface area contributed by atoms with Crippen LogP contribution in [0, 0.1) is 5.82 Å². The van der Waals surface area contributed by atoms with Crippen LogP contribution in [0.2, 0.25) is 0 Å². The van der Waals surface area contributed by atoms with Crippen molar-refractivity contribution in [2.45, 2.75) is 12.5 Å². The fraction of sp³-hybridized carbons (Fsp3) is 0.217. The molecule has 6 nitrogen and oxygen atoms in total. The van der Waals surface area contributed by atoms with Crippen LogP contribution in [0.1, 0.15) is 18.0 Å². The lowest BCUT2D eigenvalue weighted by Crippen LogP contribution is -2.28. The minimum absolute atomic E-state index is 0.00478. The lowest BCUT2D eigenvalue weighted by atomic mass is 10.0. The Morgan fingerprint density at radius 1 is 1.10 bits per heavy atom. The number of pyridine rings is 1. The number of benzene rings is 2. The number of nitrogens with zero attached hydrogens (tertiary/aromatic N) is 2. The molecule has 0 radical (unpaired) electrons. The topological polar surface area (TPSA) is 74.7 Å². The molecule has 0 saturated carbocycles. The smallest absolute Gasteiger partial charge is 0.317 e. The van der Waals surface area contributed by atoms with Crippen molar-refractivity contribution in [2.75, 3.05) is 25.5 Å². The average Bonchev–Trinajstić information content (AvgIpc) is 2.74. The van der Waals surface area contributed by atoms with Crippen LogP contribution in [0.15, 0.2) is 72.9 Å². The van der Waals surface area contributed by atoms with Crippen molar-refractivity contribution in [1.29, 1.82) is 0 Å². The number of likely N-dealkylation sites (N-methyl/N-ethyl adjacent to an activating group) is 1. The Bertz CT molecular complexity index is 934. The summed E-state index contributed by atoms with van der Waals surface area (Å²) < 4.78 is 18.7. The van der Waals surface area contributed by atoms with Crippen LogP contribution in [0.4, 0.5) is 10.2 Å². The van der Waals surface area contributed by atoms with Crippen LogP contribution < -0.4 is 10.1 Å². The van der Waals surface area contributed by atoms with Gasteiger partial charge in [-0.3, -0.25) is 9.69 Å². The zero-order valence-corrected chi connectivity index (χ0v) is 16.7. The number of ether oxygens (including phenoxy) is 1. The number of hydrogen-bond donors (Lipinski definition) is 2. The molecule has 0 aliphatic carbocycles. The molecular formula is C23H24FN3O3. The van der Waals surface area contributed by atoms with E-state index in [2.05, 4.69) is 10.3 Å². The molecule has 1 atom stereocenters. The second kappa shape index (κ2) is 10.4. The van der Waals surface area contributed by atoms with Gasteiger partial charge in [0, 0.05) is 6.54 Å². The van der Waals surface area contributed by atoms with E-state index < -0.39 is 5.97 Å². The zero-order chi connectivity index (χ0) is 21.3. The van der Waals surface area contributed by atoms with Crippen molar-refractivity contribution in [3.05, 3.63) is 84.3 Å². The van der Waals surface area contributed by atoms with Gasteiger partial charge in [-0.25, -0.2) is 9.37 Å².